The van der Waals surface area contributed by atoms with Gasteiger partial charge in [0.2, 0.25) is 11.6 Å². The summed E-state index contributed by atoms with van der Waals surface area (Å²) in [5.41, 5.74) is 0.110. The van der Waals surface area contributed by atoms with Crippen LogP contribution in [0.2, 0.25) is 0 Å². The van der Waals surface area contributed by atoms with Crippen LogP contribution in [0.1, 0.15) is 52.4 Å². The predicted molar refractivity (Wildman–Crippen MR) is 68.4 cm³/mol. The van der Waals surface area contributed by atoms with E-state index >= 15 is 0 Å². The third kappa shape index (κ3) is 2.81. The van der Waals surface area contributed by atoms with Crippen LogP contribution < -0.4 is 0 Å². The zero-order valence-corrected chi connectivity index (χ0v) is 11.0. The summed E-state index contributed by atoms with van der Waals surface area (Å²) in [6.45, 7) is 3.91. The number of allylic oxidation sites excluding steroid dienone is 2. The van der Waals surface area contributed by atoms with Crippen molar-refractivity contribution in [3.63, 3.8) is 0 Å². The van der Waals surface area contributed by atoms with Gasteiger partial charge in [-0.15, -0.1) is 0 Å². The molecule has 0 heterocycles. The van der Waals surface area contributed by atoms with Gasteiger partial charge in [-0.05, 0) is 25.7 Å². The SMILES string of the molecule is CCCCC1=C(O)C(=O)C(CCCC)=C(O)C1=O. The molecule has 0 atom stereocenters. The Balaban J connectivity index is 2.99. The molecule has 0 radical (unpaired) electrons. The minimum Gasteiger partial charge on any atom is -0.504 e. The van der Waals surface area contributed by atoms with E-state index in [0.29, 0.717) is 25.7 Å². The lowest BCUT2D eigenvalue weighted by molar-refractivity contribution is -0.120. The Labute approximate surface area is 107 Å². The normalized spacial score (nSPS) is 16.8. The van der Waals surface area contributed by atoms with E-state index in [1.807, 2.05) is 13.8 Å². The summed E-state index contributed by atoms with van der Waals surface area (Å²) >= 11 is 0. The largest absolute Gasteiger partial charge is 0.504 e. The van der Waals surface area contributed by atoms with Crippen LogP contribution in [0.5, 0.6) is 0 Å². The molecule has 0 spiro atoms. The van der Waals surface area contributed by atoms with E-state index in [1.165, 1.54) is 0 Å². The Morgan fingerprint density at radius 3 is 1.39 bits per heavy atom. The molecule has 0 aliphatic heterocycles. The molecule has 18 heavy (non-hydrogen) atoms. The number of ketones is 2. The van der Waals surface area contributed by atoms with E-state index in [-0.39, 0.29) is 11.1 Å². The highest BCUT2D eigenvalue weighted by Gasteiger charge is 2.33. The summed E-state index contributed by atoms with van der Waals surface area (Å²) in [4.78, 5) is 23.8. The third-order valence-electron chi connectivity index (χ3n) is 3.11. The quantitative estimate of drug-likeness (QED) is 0.712. The molecule has 0 unspecified atom stereocenters. The molecule has 1 rings (SSSR count). The number of aliphatic hydroxyl groups is 2. The first-order valence-corrected chi connectivity index (χ1v) is 6.48. The van der Waals surface area contributed by atoms with E-state index in [2.05, 4.69) is 0 Å². The molecular formula is C14H20O4. The van der Waals surface area contributed by atoms with Gasteiger partial charge in [0.15, 0.2) is 11.5 Å². The van der Waals surface area contributed by atoms with Crippen molar-refractivity contribution in [1.29, 1.82) is 0 Å². The minimum absolute atomic E-state index is 0.0552. The lowest BCUT2D eigenvalue weighted by atomic mass is 9.88. The highest BCUT2D eigenvalue weighted by atomic mass is 16.3. The second-order valence-electron chi connectivity index (χ2n) is 4.52. The maximum Gasteiger partial charge on any atom is 0.227 e. The summed E-state index contributed by atoms with van der Waals surface area (Å²) in [7, 11) is 0. The van der Waals surface area contributed by atoms with Gasteiger partial charge in [0.1, 0.15) is 0 Å². The molecule has 4 nitrogen and oxygen atoms in total. The van der Waals surface area contributed by atoms with Crippen LogP contribution in [-0.4, -0.2) is 21.8 Å². The number of aliphatic hydroxyl groups excluding tert-OH is 2. The number of Topliss-reactive ketones (excluding diaryl/α,β-unsaturated/α-hetero) is 2. The smallest absolute Gasteiger partial charge is 0.227 e. The van der Waals surface area contributed by atoms with Crippen molar-refractivity contribution in [2.45, 2.75) is 52.4 Å². The van der Waals surface area contributed by atoms with E-state index in [4.69, 9.17) is 0 Å². The zero-order chi connectivity index (χ0) is 13.7. The number of hydrogen-bond acceptors (Lipinski definition) is 4. The highest BCUT2D eigenvalue weighted by molar-refractivity contribution is 6.23. The Morgan fingerprint density at radius 2 is 1.11 bits per heavy atom. The van der Waals surface area contributed by atoms with Crippen LogP contribution in [0, 0.1) is 0 Å². The lowest BCUT2D eigenvalue weighted by Gasteiger charge is -2.17. The lowest BCUT2D eigenvalue weighted by Crippen LogP contribution is -2.24. The summed E-state index contributed by atoms with van der Waals surface area (Å²) in [5.74, 6) is -2.13. The maximum absolute atomic E-state index is 11.9. The number of carbonyl (C=O) groups is 2. The van der Waals surface area contributed by atoms with Crippen molar-refractivity contribution in [2.75, 3.05) is 0 Å². The van der Waals surface area contributed by atoms with Crippen LogP contribution in [0.4, 0.5) is 0 Å². The van der Waals surface area contributed by atoms with Crippen molar-refractivity contribution in [1.82, 2.24) is 0 Å². The second kappa shape index (κ2) is 6.38. The Morgan fingerprint density at radius 1 is 0.778 bits per heavy atom. The molecule has 2 N–H and O–H groups in total. The second-order valence-corrected chi connectivity index (χ2v) is 4.52. The van der Waals surface area contributed by atoms with Gasteiger partial charge in [-0.1, -0.05) is 26.7 Å². The van der Waals surface area contributed by atoms with Gasteiger partial charge in [0.05, 0.1) is 0 Å². The van der Waals surface area contributed by atoms with Crippen LogP contribution in [0.15, 0.2) is 22.7 Å². The molecule has 0 aromatic heterocycles. The molecule has 0 amide bonds. The number of carbonyl (C=O) groups excluding carboxylic acids is 2. The molecule has 0 bridgehead atoms. The van der Waals surface area contributed by atoms with Crippen molar-refractivity contribution >= 4 is 11.6 Å². The first-order valence-electron chi connectivity index (χ1n) is 6.48. The van der Waals surface area contributed by atoms with Gasteiger partial charge in [-0.3, -0.25) is 9.59 Å². The van der Waals surface area contributed by atoms with Crippen LogP contribution >= 0.6 is 0 Å². The molecular weight excluding hydrogens is 232 g/mol. The highest BCUT2D eigenvalue weighted by Crippen LogP contribution is 2.28. The summed E-state index contributed by atoms with van der Waals surface area (Å²) in [6.07, 6.45) is 3.78. The maximum atomic E-state index is 11.9. The molecule has 1 aliphatic rings. The molecule has 4 heteroatoms. The van der Waals surface area contributed by atoms with Gasteiger partial charge >= 0.3 is 0 Å². The van der Waals surface area contributed by atoms with Gasteiger partial charge < -0.3 is 10.2 Å². The molecule has 0 saturated carbocycles. The van der Waals surface area contributed by atoms with Crippen molar-refractivity contribution in [3.8, 4) is 0 Å². The van der Waals surface area contributed by atoms with Gasteiger partial charge in [-0.2, -0.15) is 0 Å². The number of hydrogen-bond donors (Lipinski definition) is 2. The summed E-state index contributed by atoms with van der Waals surface area (Å²) < 4.78 is 0. The molecule has 0 fully saturated rings. The predicted octanol–water partition coefficient (Wildman–Crippen LogP) is 3.14. The monoisotopic (exact) mass is 252 g/mol. The van der Waals surface area contributed by atoms with Crippen LogP contribution in [0.25, 0.3) is 0 Å². The average Bonchev–Trinajstić information content (AvgIpc) is 2.37. The number of rotatable bonds is 6. The van der Waals surface area contributed by atoms with E-state index in [9.17, 15) is 19.8 Å². The van der Waals surface area contributed by atoms with Crippen molar-refractivity contribution in [2.24, 2.45) is 0 Å². The summed E-state index contributed by atoms with van der Waals surface area (Å²) in [5, 5.41) is 19.6. The molecule has 0 aromatic carbocycles. The van der Waals surface area contributed by atoms with Crippen LogP contribution in [0.3, 0.4) is 0 Å². The third-order valence-corrected chi connectivity index (χ3v) is 3.11. The topological polar surface area (TPSA) is 74.6 Å². The Kier molecular flexibility index (Phi) is 5.13. The average molecular weight is 252 g/mol. The zero-order valence-electron chi connectivity index (χ0n) is 11.0. The van der Waals surface area contributed by atoms with Gasteiger partial charge in [0, 0.05) is 11.1 Å². The fourth-order valence-electron chi connectivity index (χ4n) is 1.95. The standard InChI is InChI=1S/C14H20O4/c1-3-5-7-9-11(15)13(17)10(8-6-4-2)14(18)12(9)16/h15,18H,3-8H2,1-2H3. The fraction of sp³-hybridized carbons (Fsp3) is 0.571. The molecule has 100 valence electrons. The minimum atomic E-state index is -0.591. The molecule has 0 saturated heterocycles. The van der Waals surface area contributed by atoms with Crippen LogP contribution in [-0.2, 0) is 9.59 Å². The van der Waals surface area contributed by atoms with E-state index < -0.39 is 23.1 Å². The first-order chi connectivity index (χ1) is 8.54. The van der Waals surface area contributed by atoms with E-state index in [1.54, 1.807) is 0 Å². The van der Waals surface area contributed by atoms with Crippen molar-refractivity contribution in [3.05, 3.63) is 22.7 Å². The molecule has 1 aliphatic carbocycles. The Hall–Kier alpha value is -1.58. The number of unbranched alkanes of at least 4 members (excludes halogenated alkanes) is 2. The van der Waals surface area contributed by atoms with Gasteiger partial charge in [-0.25, -0.2) is 0 Å². The van der Waals surface area contributed by atoms with Gasteiger partial charge in [0.25, 0.3) is 0 Å². The fourth-order valence-corrected chi connectivity index (χ4v) is 1.95. The molecule has 0 aromatic rings. The van der Waals surface area contributed by atoms with Crippen molar-refractivity contribution < 1.29 is 19.8 Å². The van der Waals surface area contributed by atoms with E-state index in [0.717, 1.165) is 12.8 Å². The first kappa shape index (κ1) is 14.5. The summed E-state index contributed by atoms with van der Waals surface area (Å²) in [6, 6.07) is 0. The Bertz CT molecular complexity index is 376.